The molecule has 2 fully saturated rings. The summed E-state index contributed by atoms with van der Waals surface area (Å²) in [7, 11) is 0. The molecule has 6 nitrogen and oxygen atoms in total. The number of nitrogens with zero attached hydrogens (tertiary/aromatic N) is 2. The number of anilines is 1. The van der Waals surface area contributed by atoms with Gasteiger partial charge in [0.1, 0.15) is 6.04 Å². The van der Waals surface area contributed by atoms with Crippen LogP contribution in [0.25, 0.3) is 0 Å². The maximum absolute atomic E-state index is 13.8. The second-order valence-electron chi connectivity index (χ2n) is 9.86. The van der Waals surface area contributed by atoms with Gasteiger partial charge in [-0.2, -0.15) is 13.2 Å². The molecule has 9 heteroatoms. The van der Waals surface area contributed by atoms with Crippen molar-refractivity contribution in [2.45, 2.75) is 18.3 Å². The average molecular weight is 543 g/mol. The number of fused-ring (bicyclic) bond motifs is 3. The van der Waals surface area contributed by atoms with Crippen LogP contribution in [-0.4, -0.2) is 40.4 Å². The summed E-state index contributed by atoms with van der Waals surface area (Å²) < 4.78 is 40.3. The van der Waals surface area contributed by atoms with Gasteiger partial charge in [0.15, 0.2) is 11.6 Å². The summed E-state index contributed by atoms with van der Waals surface area (Å²) in [6, 6.07) is 18.9. The summed E-state index contributed by atoms with van der Waals surface area (Å²) in [5.41, 5.74) is -0.173. The van der Waals surface area contributed by atoms with Gasteiger partial charge in [0, 0.05) is 22.9 Å². The third-order valence-electron chi connectivity index (χ3n) is 7.60. The first-order valence-corrected chi connectivity index (χ1v) is 12.6. The summed E-state index contributed by atoms with van der Waals surface area (Å²) in [5, 5.41) is 0. The number of benzene rings is 3. The highest BCUT2D eigenvalue weighted by molar-refractivity contribution is 6.25. The zero-order valence-corrected chi connectivity index (χ0v) is 20.8. The normalized spacial score (nSPS) is 23.6. The number of hydrogen-bond donors (Lipinski definition) is 0. The third-order valence-corrected chi connectivity index (χ3v) is 7.60. The molecule has 4 atom stereocenters. The Morgan fingerprint density at radius 2 is 1.38 bits per heavy atom. The number of amides is 2. The molecule has 0 N–H and O–H groups in total. The van der Waals surface area contributed by atoms with Crippen molar-refractivity contribution in [3.8, 4) is 0 Å². The highest BCUT2D eigenvalue weighted by Gasteiger charge is 2.63. The van der Waals surface area contributed by atoms with Crippen LogP contribution >= 0.6 is 0 Å². The molecule has 0 aliphatic carbocycles. The van der Waals surface area contributed by atoms with Crippen LogP contribution in [-0.2, 0) is 15.8 Å². The van der Waals surface area contributed by atoms with Crippen LogP contribution in [0, 0.1) is 11.8 Å². The van der Waals surface area contributed by atoms with Crippen molar-refractivity contribution >= 4 is 29.1 Å². The highest BCUT2D eigenvalue weighted by atomic mass is 19.4. The van der Waals surface area contributed by atoms with E-state index < -0.39 is 53.3 Å². The van der Waals surface area contributed by atoms with E-state index in [1.165, 1.54) is 6.07 Å². The van der Waals surface area contributed by atoms with E-state index in [1.807, 2.05) is 0 Å². The number of imide groups is 1. The monoisotopic (exact) mass is 542 g/mol. The van der Waals surface area contributed by atoms with E-state index in [9.17, 15) is 32.3 Å². The van der Waals surface area contributed by atoms with Gasteiger partial charge in [-0.25, -0.2) is 4.90 Å². The maximum Gasteiger partial charge on any atom is 0.416 e. The number of hydrogen-bond acceptors (Lipinski definition) is 5. The van der Waals surface area contributed by atoms with E-state index in [-0.39, 0.29) is 17.0 Å². The standard InChI is InChI=1S/C31H21F3N2O4/c32-31(33,34)21-12-7-13-22(17-21)36-29(39)24-23-16-20(27(37)18-8-3-1-4-9-18)14-15-35(23)26(25(24)30(36)40)28(38)19-10-5-2-6-11-19/h1-17,23-26H/t23-,24+,25+,26+/m1/s1. The lowest BCUT2D eigenvalue weighted by Gasteiger charge is -2.33. The Morgan fingerprint density at radius 1 is 0.750 bits per heavy atom. The number of rotatable bonds is 5. The lowest BCUT2D eigenvalue weighted by Crippen LogP contribution is -2.46. The second-order valence-corrected chi connectivity index (χ2v) is 9.86. The molecule has 2 amide bonds. The third kappa shape index (κ3) is 4.05. The minimum Gasteiger partial charge on any atom is -0.359 e. The van der Waals surface area contributed by atoms with Crippen molar-refractivity contribution in [2.75, 3.05) is 4.90 Å². The number of ketones is 2. The first-order chi connectivity index (χ1) is 19.2. The number of carbonyl (C=O) groups is 4. The largest absolute Gasteiger partial charge is 0.416 e. The molecule has 0 aromatic heterocycles. The highest BCUT2D eigenvalue weighted by Crippen LogP contribution is 2.47. The van der Waals surface area contributed by atoms with Gasteiger partial charge in [0.25, 0.3) is 0 Å². The van der Waals surface area contributed by atoms with E-state index in [1.54, 1.807) is 83.9 Å². The van der Waals surface area contributed by atoms with E-state index in [2.05, 4.69) is 0 Å². The van der Waals surface area contributed by atoms with Crippen molar-refractivity contribution < 1.29 is 32.3 Å². The van der Waals surface area contributed by atoms with Crippen LogP contribution in [0.4, 0.5) is 18.9 Å². The van der Waals surface area contributed by atoms with Crippen LogP contribution in [0.5, 0.6) is 0 Å². The Kier molecular flexibility index (Phi) is 6.02. The molecule has 0 radical (unpaired) electrons. The van der Waals surface area contributed by atoms with Gasteiger partial charge in [0.2, 0.25) is 11.8 Å². The number of allylic oxidation sites excluding steroid dienone is 2. The van der Waals surface area contributed by atoms with Crippen molar-refractivity contribution in [1.82, 2.24) is 4.90 Å². The van der Waals surface area contributed by atoms with Crippen molar-refractivity contribution in [2.24, 2.45) is 11.8 Å². The van der Waals surface area contributed by atoms with Crippen molar-refractivity contribution in [3.63, 3.8) is 0 Å². The summed E-state index contributed by atoms with van der Waals surface area (Å²) in [6.07, 6.45) is 0.00746. The quantitative estimate of drug-likeness (QED) is 0.332. The summed E-state index contributed by atoms with van der Waals surface area (Å²) in [6.45, 7) is 0. The van der Waals surface area contributed by atoms with Gasteiger partial charge in [0.05, 0.1) is 29.1 Å². The van der Waals surface area contributed by atoms with Crippen LogP contribution in [0.2, 0.25) is 0 Å². The molecule has 2 saturated heterocycles. The van der Waals surface area contributed by atoms with E-state index in [0.717, 1.165) is 23.1 Å². The Labute approximate surface area is 227 Å². The zero-order chi connectivity index (χ0) is 28.2. The summed E-state index contributed by atoms with van der Waals surface area (Å²) in [5.74, 6) is -4.41. The fourth-order valence-electron chi connectivity index (χ4n) is 5.80. The Bertz CT molecular complexity index is 1600. The van der Waals surface area contributed by atoms with Gasteiger partial charge in [-0.15, -0.1) is 0 Å². The van der Waals surface area contributed by atoms with Gasteiger partial charge < -0.3 is 4.90 Å². The first-order valence-electron chi connectivity index (χ1n) is 12.6. The molecular formula is C31H21F3N2O4. The molecule has 3 aliphatic heterocycles. The molecular weight excluding hydrogens is 521 g/mol. The predicted molar refractivity (Wildman–Crippen MR) is 139 cm³/mol. The van der Waals surface area contributed by atoms with Crippen LogP contribution in [0.3, 0.4) is 0 Å². The smallest absolute Gasteiger partial charge is 0.359 e. The van der Waals surface area contributed by atoms with E-state index in [4.69, 9.17) is 0 Å². The molecule has 6 rings (SSSR count). The van der Waals surface area contributed by atoms with Gasteiger partial charge >= 0.3 is 6.18 Å². The van der Waals surface area contributed by atoms with Crippen LogP contribution in [0.1, 0.15) is 26.3 Å². The summed E-state index contributed by atoms with van der Waals surface area (Å²) in [4.78, 5) is 57.0. The number of halogens is 3. The van der Waals surface area contributed by atoms with Crippen LogP contribution < -0.4 is 4.90 Å². The minimum absolute atomic E-state index is 0.215. The molecule has 0 unspecified atom stereocenters. The summed E-state index contributed by atoms with van der Waals surface area (Å²) >= 11 is 0. The number of alkyl halides is 3. The Balaban J connectivity index is 1.43. The zero-order valence-electron chi connectivity index (χ0n) is 20.8. The molecule has 0 saturated carbocycles. The number of Topliss-reactive ketones (excluding diaryl/α,β-unsaturated/α-hetero) is 2. The first kappa shape index (κ1) is 25.5. The molecule has 0 spiro atoms. The number of carbonyl (C=O) groups excluding carboxylic acids is 4. The fraction of sp³-hybridized carbons (Fsp3) is 0.161. The van der Waals surface area contributed by atoms with Gasteiger partial charge in [-0.05, 0) is 24.3 Å². The SMILES string of the molecule is O=C(C1=C[C@@H]2[C@@H]3C(=O)N(c4cccc(C(F)(F)F)c4)C(=O)[C@@H]3[C@@H](C(=O)c3ccccc3)N2C=C1)c1ccccc1. The lowest BCUT2D eigenvalue weighted by atomic mass is 9.85. The molecule has 40 heavy (non-hydrogen) atoms. The topological polar surface area (TPSA) is 74.8 Å². The van der Waals surface area contributed by atoms with Crippen molar-refractivity contribution in [3.05, 3.63) is 126 Å². The maximum atomic E-state index is 13.8. The average Bonchev–Trinajstić information content (AvgIpc) is 3.44. The molecule has 3 aromatic rings. The van der Waals surface area contributed by atoms with E-state index in [0.29, 0.717) is 11.1 Å². The molecule has 0 bridgehead atoms. The molecule has 3 aliphatic rings. The van der Waals surface area contributed by atoms with Crippen molar-refractivity contribution in [1.29, 1.82) is 0 Å². The fourth-order valence-corrected chi connectivity index (χ4v) is 5.80. The van der Waals surface area contributed by atoms with Crippen LogP contribution in [0.15, 0.2) is 109 Å². The molecule has 3 aromatic carbocycles. The predicted octanol–water partition coefficient (Wildman–Crippen LogP) is 5.08. The molecule has 200 valence electrons. The Morgan fingerprint density at radius 3 is 2.02 bits per heavy atom. The van der Waals surface area contributed by atoms with Gasteiger partial charge in [-0.3, -0.25) is 19.2 Å². The van der Waals surface area contributed by atoms with Gasteiger partial charge in [-0.1, -0.05) is 72.8 Å². The van der Waals surface area contributed by atoms with E-state index >= 15 is 0 Å². The minimum atomic E-state index is -4.68. The molecule has 3 heterocycles. The second kappa shape index (κ2) is 9.44. The Hall–Kier alpha value is -4.79. The lowest BCUT2D eigenvalue weighted by molar-refractivity contribution is -0.137.